The number of hydrogen-bond donors (Lipinski definition) is 0. The lowest BCUT2D eigenvalue weighted by Crippen LogP contribution is -1.97. The molecule has 1 aromatic heterocycles. The van der Waals surface area contributed by atoms with E-state index in [1.165, 1.54) is 11.6 Å². The van der Waals surface area contributed by atoms with Gasteiger partial charge in [-0.2, -0.15) is 0 Å². The molecule has 0 radical (unpaired) electrons. The fourth-order valence-corrected chi connectivity index (χ4v) is 2.46. The van der Waals surface area contributed by atoms with E-state index < -0.39 is 0 Å². The van der Waals surface area contributed by atoms with Crippen LogP contribution in [-0.4, -0.2) is 4.98 Å². The highest BCUT2D eigenvalue weighted by Gasteiger charge is 2.10. The molecule has 0 saturated carbocycles. The number of rotatable bonds is 4. The van der Waals surface area contributed by atoms with Gasteiger partial charge in [0.1, 0.15) is 5.82 Å². The average Bonchev–Trinajstić information content (AvgIpc) is 2.55. The number of pyridine rings is 1. The predicted molar refractivity (Wildman–Crippen MR) is 83.5 cm³/mol. The van der Waals surface area contributed by atoms with Gasteiger partial charge in [-0.15, -0.1) is 0 Å². The molecule has 0 atom stereocenters. The van der Waals surface area contributed by atoms with Crippen LogP contribution in [0.3, 0.4) is 0 Å². The fourth-order valence-electron chi connectivity index (χ4n) is 2.46. The Hall–Kier alpha value is -2.48. The number of hydrogen-bond acceptors (Lipinski definition) is 1. The number of aromatic nitrogens is 1. The van der Waals surface area contributed by atoms with E-state index in [9.17, 15) is 4.39 Å². The minimum atomic E-state index is -0.225. The third-order valence-corrected chi connectivity index (χ3v) is 3.55. The monoisotopic (exact) mass is 277 g/mol. The molecule has 1 nitrogen and oxygen atoms in total. The first-order valence-electron chi connectivity index (χ1n) is 7.07. The summed E-state index contributed by atoms with van der Waals surface area (Å²) in [6.07, 6.45) is 3.49. The van der Waals surface area contributed by atoms with Gasteiger partial charge in [0.2, 0.25) is 0 Å². The molecule has 2 heteroatoms. The van der Waals surface area contributed by atoms with E-state index in [0.29, 0.717) is 5.56 Å². The highest BCUT2D eigenvalue weighted by molar-refractivity contribution is 5.63. The third kappa shape index (κ3) is 3.16. The topological polar surface area (TPSA) is 12.9 Å². The Morgan fingerprint density at radius 1 is 0.762 bits per heavy atom. The molecule has 0 spiro atoms. The van der Waals surface area contributed by atoms with Gasteiger partial charge in [0, 0.05) is 11.8 Å². The van der Waals surface area contributed by atoms with Crippen molar-refractivity contribution < 1.29 is 4.39 Å². The Morgan fingerprint density at radius 2 is 1.52 bits per heavy atom. The second-order valence-electron chi connectivity index (χ2n) is 4.98. The molecular formula is C19H16FN. The van der Waals surface area contributed by atoms with Gasteiger partial charge in [-0.3, -0.25) is 4.98 Å². The molecule has 0 saturated heterocycles. The van der Waals surface area contributed by atoms with Gasteiger partial charge < -0.3 is 0 Å². The summed E-state index contributed by atoms with van der Waals surface area (Å²) in [6, 6.07) is 21.0. The molecule has 0 aliphatic rings. The summed E-state index contributed by atoms with van der Waals surface area (Å²) < 4.78 is 14.0. The van der Waals surface area contributed by atoms with Gasteiger partial charge >= 0.3 is 0 Å². The van der Waals surface area contributed by atoms with Crippen LogP contribution in [0.1, 0.15) is 11.1 Å². The zero-order valence-corrected chi connectivity index (χ0v) is 11.7. The zero-order valence-electron chi connectivity index (χ0n) is 11.7. The number of nitrogens with zero attached hydrogens (tertiary/aromatic N) is 1. The van der Waals surface area contributed by atoms with Crippen molar-refractivity contribution in [2.75, 3.05) is 0 Å². The number of aryl methyl sites for hydroxylation is 2. The van der Waals surface area contributed by atoms with E-state index in [-0.39, 0.29) is 5.82 Å². The number of benzene rings is 2. The summed E-state index contributed by atoms with van der Waals surface area (Å²) in [5.74, 6) is -0.225. The van der Waals surface area contributed by atoms with Crippen molar-refractivity contribution in [3.63, 3.8) is 0 Å². The predicted octanol–water partition coefficient (Wildman–Crippen LogP) is 4.67. The van der Waals surface area contributed by atoms with Crippen LogP contribution in [0.15, 0.2) is 72.9 Å². The summed E-state index contributed by atoms with van der Waals surface area (Å²) in [5, 5.41) is 0. The highest BCUT2D eigenvalue weighted by Crippen LogP contribution is 2.24. The molecule has 1 heterocycles. The molecule has 0 unspecified atom stereocenters. The third-order valence-electron chi connectivity index (χ3n) is 3.55. The minimum Gasteiger partial charge on any atom is -0.256 e. The molecule has 0 fully saturated rings. The van der Waals surface area contributed by atoms with Crippen molar-refractivity contribution >= 4 is 0 Å². The van der Waals surface area contributed by atoms with Crippen molar-refractivity contribution in [1.29, 1.82) is 0 Å². The Bertz CT molecular complexity index is 722. The van der Waals surface area contributed by atoms with Gasteiger partial charge in [0.25, 0.3) is 0 Å². The van der Waals surface area contributed by atoms with Gasteiger partial charge in [0.15, 0.2) is 0 Å². The maximum atomic E-state index is 14.0. The van der Waals surface area contributed by atoms with E-state index in [2.05, 4.69) is 17.1 Å². The Morgan fingerprint density at radius 3 is 2.33 bits per heavy atom. The standard InChI is InChI=1S/C19H16FN/c20-18-11-5-4-10-17(18)19-16(9-6-14-21-19)13-12-15-7-2-1-3-8-15/h1-11,14H,12-13H2. The lowest BCUT2D eigenvalue weighted by atomic mass is 9.99. The summed E-state index contributed by atoms with van der Waals surface area (Å²) in [4.78, 5) is 4.38. The van der Waals surface area contributed by atoms with Gasteiger partial charge in [-0.1, -0.05) is 48.5 Å². The maximum Gasteiger partial charge on any atom is 0.132 e. The van der Waals surface area contributed by atoms with E-state index in [1.54, 1.807) is 18.3 Å². The molecule has 104 valence electrons. The van der Waals surface area contributed by atoms with E-state index >= 15 is 0 Å². The van der Waals surface area contributed by atoms with Crippen molar-refractivity contribution in [1.82, 2.24) is 4.98 Å². The van der Waals surface area contributed by atoms with Gasteiger partial charge in [0.05, 0.1) is 5.69 Å². The first-order valence-corrected chi connectivity index (χ1v) is 7.07. The van der Waals surface area contributed by atoms with Crippen LogP contribution in [0.5, 0.6) is 0 Å². The van der Waals surface area contributed by atoms with E-state index in [0.717, 1.165) is 24.1 Å². The summed E-state index contributed by atoms with van der Waals surface area (Å²) in [6.45, 7) is 0. The summed E-state index contributed by atoms with van der Waals surface area (Å²) in [5.41, 5.74) is 3.67. The molecule has 2 aromatic carbocycles. The molecular weight excluding hydrogens is 261 g/mol. The van der Waals surface area contributed by atoms with Crippen molar-refractivity contribution in [3.8, 4) is 11.3 Å². The minimum absolute atomic E-state index is 0.225. The molecule has 0 N–H and O–H groups in total. The lowest BCUT2D eigenvalue weighted by molar-refractivity contribution is 0.630. The van der Waals surface area contributed by atoms with Gasteiger partial charge in [-0.05, 0) is 42.2 Å². The summed E-state index contributed by atoms with van der Waals surface area (Å²) >= 11 is 0. The first-order chi connectivity index (χ1) is 10.3. The van der Waals surface area contributed by atoms with Crippen LogP contribution >= 0.6 is 0 Å². The molecule has 0 aliphatic carbocycles. The van der Waals surface area contributed by atoms with Crippen molar-refractivity contribution in [2.24, 2.45) is 0 Å². The second kappa shape index (κ2) is 6.31. The lowest BCUT2D eigenvalue weighted by Gasteiger charge is -2.09. The Labute approximate surface area is 124 Å². The maximum absolute atomic E-state index is 14.0. The van der Waals surface area contributed by atoms with Crippen LogP contribution in [0.25, 0.3) is 11.3 Å². The fraction of sp³-hybridized carbons (Fsp3) is 0.105. The molecule has 3 aromatic rings. The first kappa shape index (κ1) is 13.5. The van der Waals surface area contributed by atoms with Crippen LogP contribution in [-0.2, 0) is 12.8 Å². The molecule has 0 bridgehead atoms. The van der Waals surface area contributed by atoms with Crippen molar-refractivity contribution in [2.45, 2.75) is 12.8 Å². The second-order valence-corrected chi connectivity index (χ2v) is 4.98. The number of halogens is 1. The average molecular weight is 277 g/mol. The largest absolute Gasteiger partial charge is 0.256 e. The SMILES string of the molecule is Fc1ccccc1-c1ncccc1CCc1ccccc1. The molecule has 21 heavy (non-hydrogen) atoms. The molecule has 0 aliphatic heterocycles. The van der Waals surface area contributed by atoms with Crippen LogP contribution in [0, 0.1) is 5.82 Å². The Kier molecular flexibility index (Phi) is 4.06. The van der Waals surface area contributed by atoms with Crippen LogP contribution in [0.2, 0.25) is 0 Å². The molecule has 3 rings (SSSR count). The van der Waals surface area contributed by atoms with E-state index in [4.69, 9.17) is 0 Å². The normalized spacial score (nSPS) is 10.5. The van der Waals surface area contributed by atoms with Crippen molar-refractivity contribution in [3.05, 3.63) is 89.9 Å². The molecule has 0 amide bonds. The smallest absolute Gasteiger partial charge is 0.132 e. The summed E-state index contributed by atoms with van der Waals surface area (Å²) in [7, 11) is 0. The van der Waals surface area contributed by atoms with Crippen LogP contribution in [0.4, 0.5) is 4.39 Å². The van der Waals surface area contributed by atoms with Crippen LogP contribution < -0.4 is 0 Å². The zero-order chi connectivity index (χ0) is 14.5. The highest BCUT2D eigenvalue weighted by atomic mass is 19.1. The Balaban J connectivity index is 1.88. The quantitative estimate of drug-likeness (QED) is 0.675. The van der Waals surface area contributed by atoms with E-state index in [1.807, 2.05) is 36.4 Å². The van der Waals surface area contributed by atoms with Gasteiger partial charge in [-0.25, -0.2) is 4.39 Å².